The summed E-state index contributed by atoms with van der Waals surface area (Å²) in [4.78, 5) is 10.4. The second kappa shape index (κ2) is 10.2. The van der Waals surface area contributed by atoms with Gasteiger partial charge in [0.15, 0.2) is 5.96 Å². The highest BCUT2D eigenvalue weighted by atomic mass is 127. The number of aromatic nitrogens is 2. The minimum Gasteiger partial charge on any atom is -0.354 e. The molecule has 6 heteroatoms. The van der Waals surface area contributed by atoms with Gasteiger partial charge in [0.05, 0.1) is 6.33 Å². The van der Waals surface area contributed by atoms with Gasteiger partial charge in [-0.3, -0.25) is 4.99 Å². The molecule has 0 radical (unpaired) electrons. The molecule has 1 rings (SSSR count). The highest BCUT2D eigenvalue weighted by Gasteiger charge is 2.03. The largest absolute Gasteiger partial charge is 0.354 e. The molecule has 1 heterocycles. The van der Waals surface area contributed by atoms with Crippen molar-refractivity contribution in [1.29, 1.82) is 0 Å². The molecular formula is C12H24IN5. The molecule has 0 amide bonds. The molecule has 1 N–H and O–H groups in total. The van der Waals surface area contributed by atoms with E-state index >= 15 is 0 Å². The summed E-state index contributed by atoms with van der Waals surface area (Å²) in [6.07, 6.45) is 7.98. The second-order valence-electron chi connectivity index (χ2n) is 4.05. The predicted octanol–water partition coefficient (Wildman–Crippen LogP) is 1.81. The number of nitrogens with one attached hydrogen (secondary N) is 1. The third-order valence-corrected chi connectivity index (χ3v) is 2.63. The Morgan fingerprint density at radius 3 is 2.83 bits per heavy atom. The fourth-order valence-corrected chi connectivity index (χ4v) is 1.60. The van der Waals surface area contributed by atoms with Gasteiger partial charge < -0.3 is 14.8 Å². The van der Waals surface area contributed by atoms with Gasteiger partial charge in [-0.1, -0.05) is 13.3 Å². The van der Waals surface area contributed by atoms with Crippen molar-refractivity contribution in [3.8, 4) is 0 Å². The van der Waals surface area contributed by atoms with E-state index in [1.165, 1.54) is 12.8 Å². The molecule has 0 spiro atoms. The zero-order chi connectivity index (χ0) is 12.5. The van der Waals surface area contributed by atoms with Crippen molar-refractivity contribution in [1.82, 2.24) is 19.8 Å². The fourth-order valence-electron chi connectivity index (χ4n) is 1.60. The molecule has 0 saturated carbocycles. The number of rotatable bonds is 6. The maximum atomic E-state index is 4.27. The third-order valence-electron chi connectivity index (χ3n) is 2.63. The summed E-state index contributed by atoms with van der Waals surface area (Å²) in [5.74, 6) is 0.957. The van der Waals surface area contributed by atoms with E-state index < -0.39 is 0 Å². The van der Waals surface area contributed by atoms with Gasteiger partial charge in [0.25, 0.3) is 0 Å². The average molecular weight is 365 g/mol. The van der Waals surface area contributed by atoms with E-state index in [0.29, 0.717) is 0 Å². The van der Waals surface area contributed by atoms with E-state index in [0.717, 1.165) is 25.6 Å². The lowest BCUT2D eigenvalue weighted by Crippen LogP contribution is -2.40. The molecule has 5 nitrogen and oxygen atoms in total. The van der Waals surface area contributed by atoms with Gasteiger partial charge in [-0.05, 0) is 6.42 Å². The van der Waals surface area contributed by atoms with Gasteiger partial charge in [-0.15, -0.1) is 24.0 Å². The van der Waals surface area contributed by atoms with Crippen molar-refractivity contribution < 1.29 is 0 Å². The highest BCUT2D eigenvalue weighted by molar-refractivity contribution is 14.0. The molecule has 0 bridgehead atoms. The molecule has 0 saturated heterocycles. The Kier molecular flexibility index (Phi) is 9.72. The van der Waals surface area contributed by atoms with Crippen molar-refractivity contribution in [3.05, 3.63) is 18.7 Å². The first kappa shape index (κ1) is 17.2. The summed E-state index contributed by atoms with van der Waals surface area (Å²) in [5, 5.41) is 3.34. The number of nitrogens with zero attached hydrogens (tertiary/aromatic N) is 4. The fraction of sp³-hybridized carbons (Fsp3) is 0.667. The first-order valence-corrected chi connectivity index (χ1v) is 6.15. The predicted molar refractivity (Wildman–Crippen MR) is 86.5 cm³/mol. The number of aliphatic imine (C=N–C) groups is 1. The average Bonchev–Trinajstić information content (AvgIpc) is 2.84. The van der Waals surface area contributed by atoms with Crippen LogP contribution in [-0.4, -0.2) is 47.6 Å². The van der Waals surface area contributed by atoms with Gasteiger partial charge in [0.2, 0.25) is 0 Å². The summed E-state index contributed by atoms with van der Waals surface area (Å²) in [5.41, 5.74) is 0. The van der Waals surface area contributed by atoms with Crippen molar-refractivity contribution >= 4 is 29.9 Å². The quantitative estimate of drug-likeness (QED) is 0.475. The van der Waals surface area contributed by atoms with Crippen LogP contribution in [0.25, 0.3) is 0 Å². The number of unbranched alkanes of at least 4 members (excludes halogenated alkanes) is 1. The molecule has 0 atom stereocenters. The maximum absolute atomic E-state index is 4.27. The van der Waals surface area contributed by atoms with Crippen molar-refractivity contribution in [2.24, 2.45) is 4.99 Å². The van der Waals surface area contributed by atoms with E-state index in [1.54, 1.807) is 6.20 Å². The standard InChI is InChI=1S/C12H23N5.HI/c1-4-5-8-16(3)12(13-2)15-7-10-17-9-6-14-11-17;/h6,9,11H,4-5,7-8,10H2,1-3H3,(H,13,15);1H. The Hall–Kier alpha value is -0.790. The second-order valence-corrected chi connectivity index (χ2v) is 4.05. The van der Waals surface area contributed by atoms with E-state index in [2.05, 4.69) is 34.2 Å². The lowest BCUT2D eigenvalue weighted by atomic mass is 10.3. The molecule has 0 aliphatic carbocycles. The third kappa shape index (κ3) is 6.23. The zero-order valence-corrected chi connectivity index (χ0v) is 13.8. The smallest absolute Gasteiger partial charge is 0.193 e. The van der Waals surface area contributed by atoms with Crippen molar-refractivity contribution in [2.75, 3.05) is 27.2 Å². The van der Waals surface area contributed by atoms with Gasteiger partial charge in [0.1, 0.15) is 0 Å². The van der Waals surface area contributed by atoms with E-state index in [-0.39, 0.29) is 24.0 Å². The number of hydrogen-bond acceptors (Lipinski definition) is 2. The van der Waals surface area contributed by atoms with Crippen LogP contribution in [0.3, 0.4) is 0 Å². The normalized spacial score (nSPS) is 10.9. The van der Waals surface area contributed by atoms with Crippen molar-refractivity contribution in [3.63, 3.8) is 0 Å². The highest BCUT2D eigenvalue weighted by Crippen LogP contribution is 1.92. The van der Waals surface area contributed by atoms with E-state index in [4.69, 9.17) is 0 Å². The Morgan fingerprint density at radius 1 is 1.50 bits per heavy atom. The number of imidazole rings is 1. The van der Waals surface area contributed by atoms with Crippen LogP contribution in [0.1, 0.15) is 19.8 Å². The summed E-state index contributed by atoms with van der Waals surface area (Å²) in [6, 6.07) is 0. The molecule has 0 aromatic carbocycles. The van der Waals surface area contributed by atoms with Crippen LogP contribution >= 0.6 is 24.0 Å². The topological polar surface area (TPSA) is 45.5 Å². The van der Waals surface area contributed by atoms with Gasteiger partial charge in [0, 0.05) is 46.1 Å². The van der Waals surface area contributed by atoms with Crippen LogP contribution in [0.15, 0.2) is 23.7 Å². The van der Waals surface area contributed by atoms with Crippen LogP contribution in [0, 0.1) is 0 Å². The molecule has 104 valence electrons. The summed E-state index contributed by atoms with van der Waals surface area (Å²) >= 11 is 0. The van der Waals surface area contributed by atoms with Crippen LogP contribution in [0.5, 0.6) is 0 Å². The SMILES string of the molecule is CCCCN(C)C(=NC)NCCn1ccnc1.I. The van der Waals surface area contributed by atoms with E-state index in [9.17, 15) is 0 Å². The minimum absolute atomic E-state index is 0. The molecule has 1 aromatic rings. The summed E-state index contributed by atoms with van der Waals surface area (Å²) < 4.78 is 2.05. The summed E-state index contributed by atoms with van der Waals surface area (Å²) in [6.45, 7) is 5.00. The minimum atomic E-state index is 0. The molecule has 0 aliphatic heterocycles. The number of guanidine groups is 1. The van der Waals surface area contributed by atoms with Gasteiger partial charge >= 0.3 is 0 Å². The Labute approximate surface area is 127 Å². The number of hydrogen-bond donors (Lipinski definition) is 1. The maximum Gasteiger partial charge on any atom is 0.193 e. The molecule has 1 aromatic heterocycles. The van der Waals surface area contributed by atoms with Gasteiger partial charge in [-0.2, -0.15) is 0 Å². The Balaban J connectivity index is 0.00000289. The molecule has 0 unspecified atom stereocenters. The van der Waals surface area contributed by atoms with Crippen LogP contribution in [0.4, 0.5) is 0 Å². The van der Waals surface area contributed by atoms with Gasteiger partial charge in [-0.25, -0.2) is 4.98 Å². The van der Waals surface area contributed by atoms with Crippen LogP contribution in [-0.2, 0) is 6.54 Å². The van der Waals surface area contributed by atoms with Crippen LogP contribution < -0.4 is 5.32 Å². The first-order chi connectivity index (χ1) is 8.27. The number of halogens is 1. The molecule has 18 heavy (non-hydrogen) atoms. The first-order valence-electron chi connectivity index (χ1n) is 6.15. The Bertz CT molecular complexity index is 323. The summed E-state index contributed by atoms with van der Waals surface area (Å²) in [7, 11) is 3.89. The molecule has 0 aliphatic rings. The van der Waals surface area contributed by atoms with E-state index in [1.807, 2.05) is 24.1 Å². The Morgan fingerprint density at radius 2 is 2.28 bits per heavy atom. The van der Waals surface area contributed by atoms with Crippen molar-refractivity contribution in [2.45, 2.75) is 26.3 Å². The van der Waals surface area contributed by atoms with Crippen LogP contribution in [0.2, 0.25) is 0 Å². The monoisotopic (exact) mass is 365 g/mol. The molecular weight excluding hydrogens is 341 g/mol. The molecule has 0 fully saturated rings. The lowest BCUT2D eigenvalue weighted by Gasteiger charge is -2.21. The lowest BCUT2D eigenvalue weighted by molar-refractivity contribution is 0.462. The zero-order valence-electron chi connectivity index (χ0n) is 11.5.